The maximum Gasteiger partial charge on any atom is 0.252 e. The van der Waals surface area contributed by atoms with E-state index in [9.17, 15) is 0 Å². The highest BCUT2D eigenvalue weighted by Gasteiger charge is 2.46. The summed E-state index contributed by atoms with van der Waals surface area (Å²) in [4.78, 5) is 5.26. The second-order valence-corrected chi connectivity index (χ2v) is 31.2. The van der Waals surface area contributed by atoms with Gasteiger partial charge in [0, 0.05) is 106 Å². The van der Waals surface area contributed by atoms with Crippen molar-refractivity contribution in [1.29, 1.82) is 0 Å². The molecule has 0 radical (unpaired) electrons. The fraction of sp³-hybridized carbons (Fsp3) is 0.0909. The van der Waals surface area contributed by atoms with Gasteiger partial charge in [0.1, 0.15) is 0 Å². The zero-order valence-electron chi connectivity index (χ0n) is 60.2. The van der Waals surface area contributed by atoms with E-state index in [0.717, 1.165) is 51.2 Å². The average molecular weight is 1360 g/mol. The SMILES string of the molecule is CC(C)(C)c1ccc(C(c2ccc(C(C)(C)C)cc2)c2ccc3c4c2N(c2ccc(-n5c6ccccc6c6ccccc65)cc2)c2ccc(-n5c6ccccc6c6ccccc65)cc2B4c2cc(-n4c5ccccc5c5ccccc54)ccc2N3c2ccc(-n3c4ccccc4c4ccccc43)cc2)cc1. The molecule has 0 aliphatic carbocycles. The van der Waals surface area contributed by atoms with Gasteiger partial charge in [0.15, 0.2) is 0 Å². The highest BCUT2D eigenvalue weighted by atomic mass is 15.2. The van der Waals surface area contributed by atoms with Crippen LogP contribution in [0.2, 0.25) is 0 Å². The molecule has 0 saturated heterocycles. The molecule has 2 aliphatic rings. The van der Waals surface area contributed by atoms with Crippen LogP contribution in [0.25, 0.3) is 110 Å². The van der Waals surface area contributed by atoms with Crippen LogP contribution in [-0.2, 0) is 10.8 Å². The number of nitrogens with zero attached hydrogens (tertiary/aromatic N) is 6. The van der Waals surface area contributed by atoms with E-state index in [0.29, 0.717) is 0 Å². The Balaban J connectivity index is 0.884. The number of hydrogen-bond acceptors (Lipinski definition) is 2. The van der Waals surface area contributed by atoms with Crippen LogP contribution in [0.4, 0.5) is 34.1 Å². The lowest BCUT2D eigenvalue weighted by Crippen LogP contribution is -2.61. The molecular formula is C99H75BN6. The van der Waals surface area contributed by atoms with Gasteiger partial charge in [-0.15, -0.1) is 0 Å². The first kappa shape index (κ1) is 61.8. The van der Waals surface area contributed by atoms with E-state index < -0.39 is 0 Å². The molecule has 4 aromatic heterocycles. The van der Waals surface area contributed by atoms with Gasteiger partial charge in [0.2, 0.25) is 0 Å². The summed E-state index contributed by atoms with van der Waals surface area (Å²) in [6.07, 6.45) is 0. The first-order valence-electron chi connectivity index (χ1n) is 37.3. The molecule has 0 atom stereocenters. The van der Waals surface area contributed by atoms with Crippen molar-refractivity contribution in [2.75, 3.05) is 9.80 Å². The standard InChI is InChI=1S/C99H75BN6/c1-98(2,3)65-43-39-63(40-44-65)95(64-41-45-66(46-42-64)99(4,5)6)81-57-60-94-96-97(81)106(70-53-51-68(52-54-70)102-86-33-17-9-25-75(86)76-26-10-18-34-87(76)102)93-59-56-72(105-90-37-21-13-29-79(90)80-30-14-22-38-91(80)105)62-83(93)100(96)82-61-71(104-88-35-19-11-27-77(88)78-28-12-20-36-89(78)104)55-58-92(82)103(94)69-49-47-67(48-50-69)101-84-31-15-7-23-73(84)74-24-8-16-32-85(74)101/h7-62,95H,1-6H3. The van der Waals surface area contributed by atoms with Crippen molar-refractivity contribution >= 4 is 144 Å². The minimum atomic E-state index is -0.288. The maximum atomic E-state index is 2.66. The highest BCUT2D eigenvalue weighted by Crippen LogP contribution is 2.51. The van der Waals surface area contributed by atoms with Crippen LogP contribution in [0.15, 0.2) is 340 Å². The fourth-order valence-corrected chi connectivity index (χ4v) is 18.3. The summed E-state index contributed by atoms with van der Waals surface area (Å²) < 4.78 is 9.88. The maximum absolute atomic E-state index is 2.66. The minimum Gasteiger partial charge on any atom is -0.311 e. The topological polar surface area (TPSA) is 26.2 Å². The second kappa shape index (κ2) is 23.3. The van der Waals surface area contributed by atoms with Gasteiger partial charge < -0.3 is 28.1 Å². The van der Waals surface area contributed by atoms with Crippen LogP contribution >= 0.6 is 0 Å². The van der Waals surface area contributed by atoms with Crippen molar-refractivity contribution in [2.24, 2.45) is 0 Å². The molecule has 7 heteroatoms. The summed E-state index contributed by atoms with van der Waals surface area (Å²) in [6, 6.07) is 129. The highest BCUT2D eigenvalue weighted by molar-refractivity contribution is 7.00. The largest absolute Gasteiger partial charge is 0.311 e. The molecule has 0 bridgehead atoms. The summed E-state index contributed by atoms with van der Waals surface area (Å²) >= 11 is 0. The first-order valence-corrected chi connectivity index (χ1v) is 37.3. The molecule has 0 fully saturated rings. The predicted molar refractivity (Wildman–Crippen MR) is 449 cm³/mol. The molecule has 0 amide bonds. The molecule has 6 nitrogen and oxygen atoms in total. The lowest BCUT2D eigenvalue weighted by atomic mass is 9.33. The Kier molecular flexibility index (Phi) is 13.6. The monoisotopic (exact) mass is 1360 g/mol. The molecule has 15 aromatic carbocycles. The van der Waals surface area contributed by atoms with Crippen LogP contribution in [0.3, 0.4) is 0 Å². The van der Waals surface area contributed by atoms with Crippen molar-refractivity contribution in [3.63, 3.8) is 0 Å². The molecule has 0 spiro atoms. The lowest BCUT2D eigenvalue weighted by molar-refractivity contribution is 0.589. The van der Waals surface area contributed by atoms with E-state index in [1.54, 1.807) is 0 Å². The average Bonchev–Trinajstić information content (AvgIpc) is 1.03. The normalized spacial score (nSPS) is 13.0. The Labute approximate surface area is 617 Å². The zero-order valence-corrected chi connectivity index (χ0v) is 60.2. The quantitative estimate of drug-likeness (QED) is 0.106. The van der Waals surface area contributed by atoms with Gasteiger partial charge in [-0.25, -0.2) is 0 Å². The Bertz CT molecular complexity index is 6390. The fourth-order valence-electron chi connectivity index (χ4n) is 18.3. The minimum absolute atomic E-state index is 0.0476. The van der Waals surface area contributed by atoms with E-state index in [1.165, 1.54) is 137 Å². The molecule has 0 N–H and O–H groups in total. The third kappa shape index (κ3) is 9.31. The van der Waals surface area contributed by atoms with Gasteiger partial charge in [-0.1, -0.05) is 242 Å². The second-order valence-electron chi connectivity index (χ2n) is 31.2. The van der Waals surface area contributed by atoms with E-state index in [-0.39, 0.29) is 23.5 Å². The Morgan fingerprint density at radius 1 is 0.245 bits per heavy atom. The molecule has 0 unspecified atom stereocenters. The number of benzene rings is 15. The molecule has 504 valence electrons. The molecular weight excluding hydrogens is 1280 g/mol. The third-order valence-corrected chi connectivity index (χ3v) is 23.2. The van der Waals surface area contributed by atoms with Crippen molar-refractivity contribution in [2.45, 2.75) is 58.3 Å². The van der Waals surface area contributed by atoms with E-state index in [4.69, 9.17) is 0 Å². The van der Waals surface area contributed by atoms with Crippen molar-refractivity contribution in [3.05, 3.63) is 368 Å². The molecule has 106 heavy (non-hydrogen) atoms. The molecule has 6 heterocycles. The Hall–Kier alpha value is -12.8. The Morgan fingerprint density at radius 2 is 0.509 bits per heavy atom. The van der Waals surface area contributed by atoms with Gasteiger partial charge in [0.25, 0.3) is 6.71 Å². The number of fused-ring (bicyclic) bond motifs is 16. The van der Waals surface area contributed by atoms with Crippen molar-refractivity contribution in [1.82, 2.24) is 18.3 Å². The summed E-state index contributed by atoms with van der Waals surface area (Å²) in [5, 5.41) is 9.88. The number of anilines is 6. The molecule has 21 rings (SSSR count). The number of aromatic nitrogens is 4. The number of rotatable bonds is 9. The van der Waals surface area contributed by atoms with Gasteiger partial charge in [0.05, 0.1) is 44.1 Å². The van der Waals surface area contributed by atoms with Crippen LogP contribution < -0.4 is 26.2 Å². The number of para-hydroxylation sites is 8. The van der Waals surface area contributed by atoms with Crippen molar-refractivity contribution < 1.29 is 0 Å². The molecule has 0 saturated carbocycles. The van der Waals surface area contributed by atoms with Crippen LogP contribution in [-0.4, -0.2) is 25.0 Å². The van der Waals surface area contributed by atoms with E-state index in [1.807, 2.05) is 0 Å². The zero-order chi connectivity index (χ0) is 70.8. The van der Waals surface area contributed by atoms with Crippen LogP contribution in [0, 0.1) is 0 Å². The Morgan fingerprint density at radius 3 is 0.830 bits per heavy atom. The van der Waals surface area contributed by atoms with Gasteiger partial charge in [-0.2, -0.15) is 0 Å². The third-order valence-electron chi connectivity index (χ3n) is 23.2. The van der Waals surface area contributed by atoms with E-state index in [2.05, 4.69) is 409 Å². The smallest absolute Gasteiger partial charge is 0.252 e. The predicted octanol–water partition coefficient (Wildman–Crippen LogP) is 23.9. The van der Waals surface area contributed by atoms with Crippen LogP contribution in [0.5, 0.6) is 0 Å². The first-order chi connectivity index (χ1) is 51.9. The van der Waals surface area contributed by atoms with Gasteiger partial charge in [-0.3, -0.25) is 0 Å². The summed E-state index contributed by atoms with van der Waals surface area (Å²) in [6.45, 7) is 13.6. The molecule has 19 aromatic rings. The van der Waals surface area contributed by atoms with Gasteiger partial charge in [-0.05, 0) is 195 Å². The van der Waals surface area contributed by atoms with Gasteiger partial charge >= 0.3 is 0 Å². The summed E-state index contributed by atoms with van der Waals surface area (Å²) in [5.41, 5.74) is 30.5. The molecule has 2 aliphatic heterocycles. The lowest BCUT2D eigenvalue weighted by Gasteiger charge is -2.46. The number of hydrogen-bond donors (Lipinski definition) is 0. The van der Waals surface area contributed by atoms with Crippen LogP contribution in [0.1, 0.15) is 75.3 Å². The summed E-state index contributed by atoms with van der Waals surface area (Å²) in [5.74, 6) is -0.203. The van der Waals surface area contributed by atoms with E-state index >= 15 is 0 Å². The summed E-state index contributed by atoms with van der Waals surface area (Å²) in [7, 11) is 0. The van der Waals surface area contributed by atoms with Crippen molar-refractivity contribution in [3.8, 4) is 22.7 Å².